The minimum absolute atomic E-state index is 0.123. The lowest BCUT2D eigenvalue weighted by molar-refractivity contribution is 0.0388. The van der Waals surface area contributed by atoms with E-state index in [9.17, 15) is 18.3 Å². The lowest BCUT2D eigenvalue weighted by atomic mass is 9.99. The average Bonchev–Trinajstić information content (AvgIpc) is 3.30. The summed E-state index contributed by atoms with van der Waals surface area (Å²) >= 11 is 1.17. The number of amides is 1. The molecular weight excluding hydrogens is 450 g/mol. The molecule has 1 N–H and O–H groups in total. The van der Waals surface area contributed by atoms with Gasteiger partial charge in [0.1, 0.15) is 10.3 Å². The molecule has 0 saturated heterocycles. The van der Waals surface area contributed by atoms with Gasteiger partial charge >= 0.3 is 0 Å². The Kier molecular flexibility index (Phi) is 7.49. The molecule has 176 valence electrons. The molecule has 1 aromatic carbocycles. The van der Waals surface area contributed by atoms with Crippen LogP contribution in [0.25, 0.3) is 0 Å². The molecule has 0 saturated carbocycles. The molecule has 0 fully saturated rings. The third-order valence-corrected chi connectivity index (χ3v) is 8.95. The van der Waals surface area contributed by atoms with Crippen molar-refractivity contribution in [2.24, 2.45) is 5.92 Å². The SMILES string of the molecule is C[C@H]1CN([C@@H](C)CO)C(=O)c2cccc(N(C)C)c2O[C@@H]1CN(C)S(=O)(=O)c1cccs1. The fraction of sp³-hybridized carbons (Fsp3) is 0.500. The number of fused-ring (bicyclic) bond motifs is 1. The molecule has 1 aromatic heterocycles. The molecule has 8 nitrogen and oxygen atoms in total. The van der Waals surface area contributed by atoms with E-state index in [-0.39, 0.29) is 35.2 Å². The van der Waals surface area contributed by atoms with Crippen molar-refractivity contribution in [3.63, 3.8) is 0 Å². The summed E-state index contributed by atoms with van der Waals surface area (Å²) in [4.78, 5) is 16.9. The van der Waals surface area contributed by atoms with Crippen LogP contribution in [0.5, 0.6) is 5.75 Å². The van der Waals surface area contributed by atoms with Crippen LogP contribution in [-0.2, 0) is 10.0 Å². The number of carbonyl (C=O) groups excluding carboxylic acids is 1. The number of para-hydroxylation sites is 1. The Morgan fingerprint density at radius 2 is 1.97 bits per heavy atom. The normalized spacial score (nSPS) is 20.3. The van der Waals surface area contributed by atoms with Crippen molar-refractivity contribution in [3.05, 3.63) is 41.3 Å². The fourth-order valence-electron chi connectivity index (χ4n) is 3.71. The number of hydrogen-bond donors (Lipinski definition) is 1. The van der Waals surface area contributed by atoms with E-state index in [0.717, 1.165) is 5.69 Å². The monoisotopic (exact) mass is 481 g/mol. The van der Waals surface area contributed by atoms with Gasteiger partial charge in [0.25, 0.3) is 15.9 Å². The van der Waals surface area contributed by atoms with Crippen LogP contribution >= 0.6 is 11.3 Å². The molecule has 2 heterocycles. The maximum atomic E-state index is 13.4. The molecule has 3 rings (SSSR count). The van der Waals surface area contributed by atoms with Gasteiger partial charge in [-0.25, -0.2) is 8.42 Å². The molecule has 1 aliphatic heterocycles. The van der Waals surface area contributed by atoms with E-state index in [4.69, 9.17) is 4.74 Å². The van der Waals surface area contributed by atoms with Crippen LogP contribution in [0, 0.1) is 5.92 Å². The van der Waals surface area contributed by atoms with E-state index < -0.39 is 16.1 Å². The van der Waals surface area contributed by atoms with Crippen LogP contribution < -0.4 is 9.64 Å². The fourth-order valence-corrected chi connectivity index (χ4v) is 6.10. The zero-order valence-corrected chi connectivity index (χ0v) is 20.7. The summed E-state index contributed by atoms with van der Waals surface area (Å²) in [6.45, 7) is 4.02. The Morgan fingerprint density at radius 3 is 2.56 bits per heavy atom. The molecule has 2 aromatic rings. The Hall–Kier alpha value is -2.14. The van der Waals surface area contributed by atoms with Crippen LogP contribution in [0.1, 0.15) is 24.2 Å². The number of ether oxygens (including phenoxy) is 1. The van der Waals surface area contributed by atoms with Crippen molar-refractivity contribution in [1.29, 1.82) is 0 Å². The Labute approximate surface area is 194 Å². The third-order valence-electron chi connectivity index (χ3n) is 5.75. The number of rotatable bonds is 7. The zero-order valence-electron chi connectivity index (χ0n) is 19.1. The second-order valence-electron chi connectivity index (χ2n) is 8.39. The number of anilines is 1. The Balaban J connectivity index is 2.03. The molecule has 0 radical (unpaired) electrons. The predicted molar refractivity (Wildman–Crippen MR) is 126 cm³/mol. The quantitative estimate of drug-likeness (QED) is 0.653. The first-order chi connectivity index (χ1) is 15.1. The van der Waals surface area contributed by atoms with Gasteiger partial charge in [-0.1, -0.05) is 19.1 Å². The van der Waals surface area contributed by atoms with Gasteiger partial charge in [0.05, 0.1) is 30.4 Å². The number of aliphatic hydroxyl groups excluding tert-OH is 1. The first-order valence-corrected chi connectivity index (χ1v) is 12.8. The first-order valence-electron chi connectivity index (χ1n) is 10.5. The minimum atomic E-state index is -3.65. The van der Waals surface area contributed by atoms with E-state index in [2.05, 4.69) is 0 Å². The van der Waals surface area contributed by atoms with Crippen molar-refractivity contribution >= 4 is 33.0 Å². The summed E-state index contributed by atoms with van der Waals surface area (Å²) in [6.07, 6.45) is -0.504. The molecule has 3 atom stereocenters. The van der Waals surface area contributed by atoms with E-state index in [1.165, 1.54) is 15.6 Å². The van der Waals surface area contributed by atoms with E-state index >= 15 is 0 Å². The standard InChI is InChI=1S/C22H31N3O5S2/c1-15-12-25(16(2)14-26)22(27)17-8-6-9-18(23(3)4)21(17)30-19(15)13-24(5)32(28,29)20-10-7-11-31-20/h6-11,15-16,19,26H,12-14H2,1-5H3/t15-,16-,19+/m0/s1. The van der Waals surface area contributed by atoms with Gasteiger partial charge in [-0.2, -0.15) is 4.31 Å². The summed E-state index contributed by atoms with van der Waals surface area (Å²) in [5.74, 6) is 0.0310. The highest BCUT2D eigenvalue weighted by atomic mass is 32.2. The van der Waals surface area contributed by atoms with E-state index in [1.54, 1.807) is 48.5 Å². The Morgan fingerprint density at radius 1 is 1.25 bits per heavy atom. The van der Waals surface area contributed by atoms with Gasteiger partial charge in [0.15, 0.2) is 5.75 Å². The number of nitrogens with zero attached hydrogens (tertiary/aromatic N) is 3. The van der Waals surface area contributed by atoms with Gasteiger partial charge in [-0.05, 0) is 30.5 Å². The second-order valence-corrected chi connectivity index (χ2v) is 11.6. The average molecular weight is 482 g/mol. The maximum absolute atomic E-state index is 13.4. The predicted octanol–water partition coefficient (Wildman–Crippen LogP) is 2.35. The van der Waals surface area contributed by atoms with Gasteiger partial charge in [0.2, 0.25) is 0 Å². The lowest BCUT2D eigenvalue weighted by Gasteiger charge is -2.38. The summed E-state index contributed by atoms with van der Waals surface area (Å²) in [6, 6.07) is 8.28. The minimum Gasteiger partial charge on any atom is -0.486 e. The molecular formula is C22H31N3O5S2. The number of hydrogen-bond acceptors (Lipinski definition) is 7. The summed E-state index contributed by atoms with van der Waals surface area (Å²) < 4.78 is 34.0. The molecule has 0 aliphatic carbocycles. The molecule has 0 unspecified atom stereocenters. The molecule has 10 heteroatoms. The second kappa shape index (κ2) is 9.78. The molecule has 1 aliphatic rings. The number of thiophene rings is 1. The van der Waals surface area contributed by atoms with Crippen LogP contribution in [0.2, 0.25) is 0 Å². The molecule has 1 amide bonds. The van der Waals surface area contributed by atoms with Crippen molar-refractivity contribution in [2.75, 3.05) is 45.7 Å². The van der Waals surface area contributed by atoms with Crippen LogP contribution in [0.15, 0.2) is 39.9 Å². The topological polar surface area (TPSA) is 90.4 Å². The van der Waals surface area contributed by atoms with Gasteiger partial charge in [-0.3, -0.25) is 4.79 Å². The van der Waals surface area contributed by atoms with E-state index in [1.807, 2.05) is 32.0 Å². The molecule has 0 spiro atoms. The van der Waals surface area contributed by atoms with Gasteiger partial charge in [-0.15, -0.1) is 11.3 Å². The Bertz CT molecular complexity index is 1040. The largest absolute Gasteiger partial charge is 0.486 e. The highest BCUT2D eigenvalue weighted by Gasteiger charge is 2.36. The summed E-state index contributed by atoms with van der Waals surface area (Å²) in [5.41, 5.74) is 1.13. The molecule has 32 heavy (non-hydrogen) atoms. The number of carbonyl (C=O) groups is 1. The first kappa shape index (κ1) is 24.5. The summed E-state index contributed by atoms with van der Waals surface area (Å²) in [7, 11) is 1.62. The number of likely N-dealkylation sites (N-methyl/N-ethyl adjacent to an activating group) is 1. The highest BCUT2D eigenvalue weighted by Crippen LogP contribution is 2.36. The van der Waals surface area contributed by atoms with Crippen molar-refractivity contribution in [3.8, 4) is 5.75 Å². The highest BCUT2D eigenvalue weighted by molar-refractivity contribution is 7.91. The zero-order chi connectivity index (χ0) is 23.6. The summed E-state index contributed by atoms with van der Waals surface area (Å²) in [5, 5.41) is 11.5. The van der Waals surface area contributed by atoms with Crippen LogP contribution in [0.4, 0.5) is 5.69 Å². The van der Waals surface area contributed by atoms with Crippen molar-refractivity contribution < 1.29 is 23.1 Å². The van der Waals surface area contributed by atoms with E-state index in [0.29, 0.717) is 17.9 Å². The third kappa shape index (κ3) is 4.78. The molecule has 0 bridgehead atoms. The number of benzene rings is 1. The lowest BCUT2D eigenvalue weighted by Crippen LogP contribution is -2.50. The number of aliphatic hydroxyl groups is 1. The van der Waals surface area contributed by atoms with Gasteiger partial charge in [0, 0.05) is 33.6 Å². The van der Waals surface area contributed by atoms with Gasteiger partial charge < -0.3 is 19.6 Å². The maximum Gasteiger partial charge on any atom is 0.258 e. The van der Waals surface area contributed by atoms with Crippen molar-refractivity contribution in [1.82, 2.24) is 9.21 Å². The van der Waals surface area contributed by atoms with Crippen molar-refractivity contribution in [2.45, 2.75) is 30.2 Å². The number of sulfonamides is 1. The smallest absolute Gasteiger partial charge is 0.258 e. The van der Waals surface area contributed by atoms with Crippen LogP contribution in [0.3, 0.4) is 0 Å². The van der Waals surface area contributed by atoms with Crippen LogP contribution in [-0.4, -0.2) is 81.6 Å².